The van der Waals surface area contributed by atoms with E-state index in [2.05, 4.69) is 41.4 Å². The SMILES string of the molecule is CCOCc1ccccc1CNC1CCCN(CC)CC1. The molecular formula is C18H30N2O. The van der Waals surface area contributed by atoms with Crippen LogP contribution in [-0.4, -0.2) is 37.2 Å². The maximum absolute atomic E-state index is 5.57. The van der Waals surface area contributed by atoms with Crippen LogP contribution in [0.2, 0.25) is 0 Å². The van der Waals surface area contributed by atoms with E-state index in [0.29, 0.717) is 6.04 Å². The first-order valence-corrected chi connectivity index (χ1v) is 8.43. The molecule has 1 fully saturated rings. The Morgan fingerprint density at radius 3 is 2.71 bits per heavy atom. The predicted molar refractivity (Wildman–Crippen MR) is 88.4 cm³/mol. The minimum Gasteiger partial charge on any atom is -0.377 e. The molecule has 0 aliphatic carbocycles. The Bertz CT molecular complexity index is 408. The highest BCUT2D eigenvalue weighted by Crippen LogP contribution is 2.14. The number of likely N-dealkylation sites (tertiary alicyclic amines) is 1. The predicted octanol–water partition coefficient (Wildman–Crippen LogP) is 3.19. The highest BCUT2D eigenvalue weighted by molar-refractivity contribution is 5.26. The van der Waals surface area contributed by atoms with Gasteiger partial charge >= 0.3 is 0 Å². The molecule has 1 aliphatic heterocycles. The third kappa shape index (κ3) is 5.42. The van der Waals surface area contributed by atoms with Crippen LogP contribution < -0.4 is 5.32 Å². The molecule has 0 bridgehead atoms. The van der Waals surface area contributed by atoms with Crippen LogP contribution in [0.15, 0.2) is 24.3 Å². The first kappa shape index (κ1) is 16.5. The van der Waals surface area contributed by atoms with Crippen molar-refractivity contribution in [2.24, 2.45) is 0 Å². The van der Waals surface area contributed by atoms with Crippen molar-refractivity contribution in [2.75, 3.05) is 26.2 Å². The Morgan fingerprint density at radius 1 is 1.14 bits per heavy atom. The van der Waals surface area contributed by atoms with E-state index in [1.54, 1.807) is 0 Å². The van der Waals surface area contributed by atoms with Crippen molar-refractivity contribution < 1.29 is 4.74 Å². The largest absolute Gasteiger partial charge is 0.377 e. The standard InChI is InChI=1S/C18H30N2O/c1-3-20-12-7-10-18(11-13-20)19-14-16-8-5-6-9-17(16)15-21-4-2/h5-6,8-9,18-19H,3-4,7,10-15H2,1-2H3. The Kier molecular flexibility index (Phi) is 7.20. The summed E-state index contributed by atoms with van der Waals surface area (Å²) in [4.78, 5) is 2.56. The van der Waals surface area contributed by atoms with E-state index in [0.717, 1.165) is 19.8 Å². The number of benzene rings is 1. The molecule has 1 heterocycles. The van der Waals surface area contributed by atoms with Gasteiger partial charge in [-0.05, 0) is 56.9 Å². The zero-order valence-corrected chi connectivity index (χ0v) is 13.6. The highest BCUT2D eigenvalue weighted by atomic mass is 16.5. The second kappa shape index (κ2) is 9.19. The lowest BCUT2D eigenvalue weighted by Crippen LogP contribution is -2.30. The zero-order chi connectivity index (χ0) is 14.9. The quantitative estimate of drug-likeness (QED) is 0.834. The van der Waals surface area contributed by atoms with Crippen molar-refractivity contribution in [3.63, 3.8) is 0 Å². The average Bonchev–Trinajstić information content (AvgIpc) is 2.76. The minimum absolute atomic E-state index is 0.654. The van der Waals surface area contributed by atoms with Gasteiger partial charge in [0.2, 0.25) is 0 Å². The van der Waals surface area contributed by atoms with E-state index < -0.39 is 0 Å². The van der Waals surface area contributed by atoms with E-state index in [9.17, 15) is 0 Å². The number of ether oxygens (including phenoxy) is 1. The summed E-state index contributed by atoms with van der Waals surface area (Å²) < 4.78 is 5.57. The molecule has 1 saturated heterocycles. The van der Waals surface area contributed by atoms with Crippen molar-refractivity contribution >= 4 is 0 Å². The molecule has 0 radical (unpaired) electrons. The smallest absolute Gasteiger partial charge is 0.0719 e. The van der Waals surface area contributed by atoms with E-state index >= 15 is 0 Å². The van der Waals surface area contributed by atoms with Gasteiger partial charge in [0.1, 0.15) is 0 Å². The van der Waals surface area contributed by atoms with Crippen molar-refractivity contribution in [3.05, 3.63) is 35.4 Å². The van der Waals surface area contributed by atoms with Crippen LogP contribution in [-0.2, 0) is 17.9 Å². The summed E-state index contributed by atoms with van der Waals surface area (Å²) in [7, 11) is 0. The molecule has 1 unspecified atom stereocenters. The molecule has 1 aromatic rings. The van der Waals surface area contributed by atoms with Crippen molar-refractivity contribution in [3.8, 4) is 0 Å². The third-order valence-corrected chi connectivity index (χ3v) is 4.43. The summed E-state index contributed by atoms with van der Waals surface area (Å²) in [6.45, 7) is 10.4. The van der Waals surface area contributed by atoms with E-state index in [-0.39, 0.29) is 0 Å². The molecule has 1 aliphatic rings. The first-order valence-electron chi connectivity index (χ1n) is 8.43. The fourth-order valence-corrected chi connectivity index (χ4v) is 3.01. The number of nitrogens with one attached hydrogen (secondary N) is 1. The average molecular weight is 290 g/mol. The molecular weight excluding hydrogens is 260 g/mol. The molecule has 3 nitrogen and oxygen atoms in total. The number of rotatable bonds is 7. The van der Waals surface area contributed by atoms with Gasteiger partial charge in [0.25, 0.3) is 0 Å². The van der Waals surface area contributed by atoms with Crippen molar-refractivity contribution in [1.29, 1.82) is 0 Å². The van der Waals surface area contributed by atoms with Gasteiger partial charge in [-0.3, -0.25) is 0 Å². The lowest BCUT2D eigenvalue weighted by molar-refractivity contribution is 0.133. The lowest BCUT2D eigenvalue weighted by atomic mass is 10.1. The van der Waals surface area contributed by atoms with Crippen molar-refractivity contribution in [2.45, 2.75) is 52.3 Å². The first-order chi connectivity index (χ1) is 10.3. The third-order valence-electron chi connectivity index (χ3n) is 4.43. The molecule has 0 amide bonds. The highest BCUT2D eigenvalue weighted by Gasteiger charge is 2.15. The van der Waals surface area contributed by atoms with Crippen LogP contribution in [0.25, 0.3) is 0 Å². The molecule has 0 saturated carbocycles. The normalized spacial score (nSPS) is 20.4. The van der Waals surface area contributed by atoms with Crippen LogP contribution >= 0.6 is 0 Å². The van der Waals surface area contributed by atoms with Gasteiger partial charge in [-0.15, -0.1) is 0 Å². The Hall–Kier alpha value is -0.900. The molecule has 0 spiro atoms. The maximum Gasteiger partial charge on any atom is 0.0719 e. The Labute approximate surface area is 129 Å². The number of hydrogen-bond acceptors (Lipinski definition) is 3. The Morgan fingerprint density at radius 2 is 1.95 bits per heavy atom. The Balaban J connectivity index is 1.85. The fraction of sp³-hybridized carbons (Fsp3) is 0.667. The molecule has 21 heavy (non-hydrogen) atoms. The van der Waals surface area contributed by atoms with Crippen LogP contribution in [0.1, 0.15) is 44.2 Å². The van der Waals surface area contributed by atoms with Gasteiger partial charge < -0.3 is 15.0 Å². The van der Waals surface area contributed by atoms with E-state index in [4.69, 9.17) is 4.74 Å². The summed E-state index contributed by atoms with van der Waals surface area (Å²) in [5, 5.41) is 3.76. The van der Waals surface area contributed by atoms with Gasteiger partial charge in [-0.25, -0.2) is 0 Å². The fourth-order valence-electron chi connectivity index (χ4n) is 3.01. The van der Waals surface area contributed by atoms with E-state index in [1.165, 1.54) is 50.0 Å². The monoisotopic (exact) mass is 290 g/mol. The molecule has 118 valence electrons. The van der Waals surface area contributed by atoms with Gasteiger partial charge in [-0.1, -0.05) is 31.2 Å². The second-order valence-electron chi connectivity index (χ2n) is 5.85. The molecule has 1 atom stereocenters. The topological polar surface area (TPSA) is 24.5 Å². The van der Waals surface area contributed by atoms with Crippen LogP contribution in [0.4, 0.5) is 0 Å². The van der Waals surface area contributed by atoms with Gasteiger partial charge in [0, 0.05) is 19.2 Å². The summed E-state index contributed by atoms with van der Waals surface area (Å²) in [6, 6.07) is 9.28. The van der Waals surface area contributed by atoms with Crippen LogP contribution in [0.5, 0.6) is 0 Å². The lowest BCUT2D eigenvalue weighted by Gasteiger charge is -2.19. The summed E-state index contributed by atoms with van der Waals surface area (Å²) in [5.74, 6) is 0. The molecule has 0 aromatic heterocycles. The maximum atomic E-state index is 5.57. The second-order valence-corrected chi connectivity index (χ2v) is 5.85. The van der Waals surface area contributed by atoms with Gasteiger partial charge in [-0.2, -0.15) is 0 Å². The molecule has 3 heteroatoms. The summed E-state index contributed by atoms with van der Waals surface area (Å²) in [5.41, 5.74) is 2.69. The van der Waals surface area contributed by atoms with Crippen molar-refractivity contribution in [1.82, 2.24) is 10.2 Å². The number of nitrogens with zero attached hydrogens (tertiary/aromatic N) is 1. The molecule has 1 aromatic carbocycles. The molecule has 2 rings (SSSR count). The van der Waals surface area contributed by atoms with Gasteiger partial charge in [0.15, 0.2) is 0 Å². The summed E-state index contributed by atoms with van der Waals surface area (Å²) in [6.07, 6.45) is 3.87. The zero-order valence-electron chi connectivity index (χ0n) is 13.6. The van der Waals surface area contributed by atoms with E-state index in [1.807, 2.05) is 6.92 Å². The van der Waals surface area contributed by atoms with Crippen LogP contribution in [0, 0.1) is 0 Å². The molecule has 1 N–H and O–H groups in total. The number of hydrogen-bond donors (Lipinski definition) is 1. The van der Waals surface area contributed by atoms with Crippen LogP contribution in [0.3, 0.4) is 0 Å². The minimum atomic E-state index is 0.654. The van der Waals surface area contributed by atoms with Gasteiger partial charge in [0.05, 0.1) is 6.61 Å². The summed E-state index contributed by atoms with van der Waals surface area (Å²) >= 11 is 0.